The molecule has 1 N–H and O–H groups in total. The van der Waals surface area contributed by atoms with Gasteiger partial charge in [0.2, 0.25) is 10.0 Å². The van der Waals surface area contributed by atoms with Crippen LogP contribution in [0.25, 0.3) is 0 Å². The summed E-state index contributed by atoms with van der Waals surface area (Å²) in [6.07, 6.45) is 4.99. The fourth-order valence-corrected chi connectivity index (χ4v) is 3.83. The fourth-order valence-electron chi connectivity index (χ4n) is 3.03. The van der Waals surface area contributed by atoms with Gasteiger partial charge in [0.15, 0.2) is 0 Å². The molecule has 1 fully saturated rings. The van der Waals surface area contributed by atoms with Crippen LogP contribution in [0.2, 0.25) is 0 Å². The number of aromatic nitrogens is 1. The largest absolute Gasteiger partial charge is 0.391 e. The van der Waals surface area contributed by atoms with Gasteiger partial charge in [-0.2, -0.15) is 4.31 Å². The van der Waals surface area contributed by atoms with Crippen LogP contribution in [0.4, 0.5) is 0 Å². The molecule has 2 aliphatic rings. The molecule has 0 radical (unpaired) electrons. The first-order valence-electron chi connectivity index (χ1n) is 7.24. The quantitative estimate of drug-likeness (QED) is 0.799. The van der Waals surface area contributed by atoms with Gasteiger partial charge in [-0.3, -0.25) is 9.78 Å². The minimum atomic E-state index is -3.25. The van der Waals surface area contributed by atoms with E-state index in [9.17, 15) is 18.3 Å². The molecule has 3 heterocycles. The molecule has 3 rings (SSSR count). The van der Waals surface area contributed by atoms with Gasteiger partial charge in [-0.15, -0.1) is 0 Å². The predicted octanol–water partition coefficient (Wildman–Crippen LogP) is -0.394. The molecule has 1 unspecified atom stereocenters. The molecule has 8 heteroatoms. The first-order valence-corrected chi connectivity index (χ1v) is 9.09. The molecule has 1 aromatic rings. The van der Waals surface area contributed by atoms with E-state index >= 15 is 0 Å². The second-order valence-corrected chi connectivity index (χ2v) is 7.85. The molecule has 0 aromatic carbocycles. The van der Waals surface area contributed by atoms with Crippen molar-refractivity contribution in [2.24, 2.45) is 0 Å². The molecule has 0 aliphatic carbocycles. The summed E-state index contributed by atoms with van der Waals surface area (Å²) in [6.45, 7) is 1.51. The maximum atomic E-state index is 12.6. The van der Waals surface area contributed by atoms with Crippen molar-refractivity contribution in [3.63, 3.8) is 0 Å². The van der Waals surface area contributed by atoms with Gasteiger partial charge in [-0.25, -0.2) is 8.42 Å². The lowest BCUT2D eigenvalue weighted by Crippen LogP contribution is -2.37. The van der Waals surface area contributed by atoms with E-state index in [2.05, 4.69) is 4.98 Å². The Morgan fingerprint density at radius 3 is 2.77 bits per heavy atom. The number of β-amino-alcohol motifs (C(OH)–C–C–N with tert-alkyl or cyclic N) is 1. The van der Waals surface area contributed by atoms with Crippen LogP contribution in [0.5, 0.6) is 0 Å². The Hall–Kier alpha value is -1.51. The van der Waals surface area contributed by atoms with E-state index in [1.165, 1.54) is 10.6 Å². The Kier molecular flexibility index (Phi) is 3.92. The Bertz CT molecular complexity index is 704. The second kappa shape index (κ2) is 5.60. The van der Waals surface area contributed by atoms with Gasteiger partial charge in [0.05, 0.1) is 17.9 Å². The zero-order valence-corrected chi connectivity index (χ0v) is 13.2. The molecule has 0 spiro atoms. The summed E-state index contributed by atoms with van der Waals surface area (Å²) in [4.78, 5) is 18.3. The zero-order valence-electron chi connectivity index (χ0n) is 12.4. The number of sulfonamides is 1. The smallest absolute Gasteiger partial charge is 0.255 e. The van der Waals surface area contributed by atoms with Crippen LogP contribution in [0, 0.1) is 0 Å². The van der Waals surface area contributed by atoms with Crippen molar-refractivity contribution in [1.29, 1.82) is 0 Å². The average molecular weight is 325 g/mol. The standard InChI is InChI=1S/C14H19N3O4S/c1-22(20,21)17-5-3-12-10(8-17)6-15-7-13(12)14(19)16-4-2-11(18)9-16/h6-7,11,18H,2-5,8-9H2,1H3. The summed E-state index contributed by atoms with van der Waals surface area (Å²) < 4.78 is 24.7. The lowest BCUT2D eigenvalue weighted by Gasteiger charge is -2.28. The summed E-state index contributed by atoms with van der Waals surface area (Å²) in [5.41, 5.74) is 2.18. The van der Waals surface area contributed by atoms with E-state index < -0.39 is 16.1 Å². The van der Waals surface area contributed by atoms with Crippen molar-refractivity contribution in [2.45, 2.75) is 25.5 Å². The van der Waals surface area contributed by atoms with Crippen LogP contribution in [-0.2, 0) is 23.0 Å². The third kappa shape index (κ3) is 2.86. The summed E-state index contributed by atoms with van der Waals surface area (Å²) in [7, 11) is -3.25. The first-order chi connectivity index (χ1) is 10.4. The number of amides is 1. The summed E-state index contributed by atoms with van der Waals surface area (Å²) in [6, 6.07) is 0. The molecular formula is C14H19N3O4S. The molecule has 1 saturated heterocycles. The van der Waals surface area contributed by atoms with Gasteiger partial charge < -0.3 is 10.0 Å². The number of fused-ring (bicyclic) bond motifs is 1. The number of carbonyl (C=O) groups is 1. The summed E-state index contributed by atoms with van der Waals surface area (Å²) in [5, 5.41) is 9.58. The van der Waals surface area contributed by atoms with Gasteiger partial charge in [0.1, 0.15) is 0 Å². The molecule has 1 atom stereocenters. The minimum Gasteiger partial charge on any atom is -0.391 e. The van der Waals surface area contributed by atoms with E-state index in [4.69, 9.17) is 0 Å². The monoisotopic (exact) mass is 325 g/mol. The molecule has 1 amide bonds. The van der Waals surface area contributed by atoms with E-state index in [-0.39, 0.29) is 12.5 Å². The number of aliphatic hydroxyl groups excluding tert-OH is 1. The SMILES string of the molecule is CS(=O)(=O)N1CCc2c(cncc2C(=O)N2CCC(O)C2)C1. The van der Waals surface area contributed by atoms with Gasteiger partial charge in [-0.1, -0.05) is 0 Å². The van der Waals surface area contributed by atoms with Crippen molar-refractivity contribution in [1.82, 2.24) is 14.2 Å². The average Bonchev–Trinajstić information content (AvgIpc) is 2.91. The van der Waals surface area contributed by atoms with Crippen LogP contribution >= 0.6 is 0 Å². The van der Waals surface area contributed by atoms with Crippen molar-refractivity contribution < 1.29 is 18.3 Å². The molecule has 0 bridgehead atoms. The second-order valence-electron chi connectivity index (χ2n) is 5.86. The topological polar surface area (TPSA) is 90.8 Å². The number of carbonyl (C=O) groups excluding carboxylic acids is 1. The van der Waals surface area contributed by atoms with Gasteiger partial charge in [0, 0.05) is 38.6 Å². The van der Waals surface area contributed by atoms with E-state index in [0.29, 0.717) is 38.0 Å². The Balaban J connectivity index is 1.88. The van der Waals surface area contributed by atoms with Gasteiger partial charge in [0.25, 0.3) is 5.91 Å². The third-order valence-corrected chi connectivity index (χ3v) is 5.50. The highest BCUT2D eigenvalue weighted by Crippen LogP contribution is 2.25. The molecular weight excluding hydrogens is 306 g/mol. The normalized spacial score (nSPS) is 22.6. The first kappa shape index (κ1) is 15.4. The van der Waals surface area contributed by atoms with E-state index in [1.807, 2.05) is 0 Å². The molecule has 0 saturated carbocycles. The molecule has 7 nitrogen and oxygen atoms in total. The highest BCUT2D eigenvalue weighted by molar-refractivity contribution is 7.88. The van der Waals surface area contributed by atoms with E-state index in [0.717, 1.165) is 11.1 Å². The zero-order chi connectivity index (χ0) is 15.9. The number of aliphatic hydroxyl groups is 1. The molecule has 120 valence electrons. The number of rotatable bonds is 2. The number of hydrogen-bond donors (Lipinski definition) is 1. The lowest BCUT2D eigenvalue weighted by molar-refractivity contribution is 0.0763. The highest BCUT2D eigenvalue weighted by Gasteiger charge is 2.30. The van der Waals surface area contributed by atoms with Gasteiger partial charge >= 0.3 is 0 Å². The van der Waals surface area contributed by atoms with Crippen molar-refractivity contribution in [3.8, 4) is 0 Å². The maximum absolute atomic E-state index is 12.6. The van der Waals surface area contributed by atoms with Crippen molar-refractivity contribution in [2.75, 3.05) is 25.9 Å². The number of nitrogens with zero attached hydrogens (tertiary/aromatic N) is 3. The van der Waals surface area contributed by atoms with Crippen LogP contribution in [0.3, 0.4) is 0 Å². The van der Waals surface area contributed by atoms with Crippen LogP contribution in [-0.4, -0.2) is 65.6 Å². The Morgan fingerprint density at radius 1 is 1.36 bits per heavy atom. The number of hydrogen-bond acceptors (Lipinski definition) is 5. The molecule has 2 aliphatic heterocycles. The van der Waals surface area contributed by atoms with Crippen LogP contribution in [0.15, 0.2) is 12.4 Å². The third-order valence-electron chi connectivity index (χ3n) is 4.25. The summed E-state index contributed by atoms with van der Waals surface area (Å²) in [5.74, 6) is -0.131. The fraction of sp³-hybridized carbons (Fsp3) is 0.571. The number of pyridine rings is 1. The Morgan fingerprint density at radius 2 is 2.14 bits per heavy atom. The van der Waals surface area contributed by atoms with Crippen LogP contribution < -0.4 is 0 Å². The Labute approximate surface area is 129 Å². The molecule has 1 aromatic heterocycles. The maximum Gasteiger partial charge on any atom is 0.255 e. The van der Waals surface area contributed by atoms with Crippen LogP contribution in [0.1, 0.15) is 27.9 Å². The summed E-state index contributed by atoms with van der Waals surface area (Å²) >= 11 is 0. The van der Waals surface area contributed by atoms with Gasteiger partial charge in [-0.05, 0) is 24.0 Å². The van der Waals surface area contributed by atoms with Crippen molar-refractivity contribution >= 4 is 15.9 Å². The molecule has 22 heavy (non-hydrogen) atoms. The highest BCUT2D eigenvalue weighted by atomic mass is 32.2. The van der Waals surface area contributed by atoms with E-state index in [1.54, 1.807) is 17.3 Å². The number of likely N-dealkylation sites (tertiary alicyclic amines) is 1. The van der Waals surface area contributed by atoms with Crippen molar-refractivity contribution in [3.05, 3.63) is 29.1 Å². The lowest BCUT2D eigenvalue weighted by atomic mass is 9.97. The minimum absolute atomic E-state index is 0.131. The predicted molar refractivity (Wildman–Crippen MR) is 79.7 cm³/mol.